The number of thiazole rings is 1. The lowest BCUT2D eigenvalue weighted by atomic mass is 9.96. The molecule has 0 bridgehead atoms. The van der Waals surface area contributed by atoms with E-state index >= 15 is 0 Å². The molecule has 39 heavy (non-hydrogen) atoms. The fraction of sp³-hybridized carbons (Fsp3) is 0.179. The number of hydrogen-bond acceptors (Lipinski definition) is 9. The Kier molecular flexibility index (Phi) is 7.36. The molecular formula is C28H23N3O6S2. The minimum absolute atomic E-state index is 0.0444. The number of thioether (sulfide) groups is 1. The zero-order valence-electron chi connectivity index (χ0n) is 21.2. The third kappa shape index (κ3) is 5.10. The fourth-order valence-electron chi connectivity index (χ4n) is 4.38. The van der Waals surface area contributed by atoms with E-state index in [1.807, 2.05) is 30.5 Å². The van der Waals surface area contributed by atoms with E-state index in [2.05, 4.69) is 4.99 Å². The van der Waals surface area contributed by atoms with Crippen LogP contribution in [0.2, 0.25) is 0 Å². The van der Waals surface area contributed by atoms with Crippen LogP contribution in [0.15, 0.2) is 91.0 Å². The van der Waals surface area contributed by atoms with Crippen molar-refractivity contribution in [2.75, 3.05) is 12.9 Å². The minimum atomic E-state index is -0.699. The van der Waals surface area contributed by atoms with E-state index in [-0.39, 0.29) is 17.9 Å². The zero-order valence-corrected chi connectivity index (χ0v) is 22.9. The minimum Gasteiger partial charge on any atom is -0.463 e. The van der Waals surface area contributed by atoms with Crippen LogP contribution in [0.5, 0.6) is 0 Å². The second-order valence-electron chi connectivity index (χ2n) is 8.58. The molecule has 4 aromatic rings. The first-order chi connectivity index (χ1) is 18.8. The molecule has 198 valence electrons. The Morgan fingerprint density at radius 2 is 2.00 bits per heavy atom. The number of hydrogen-bond donors (Lipinski definition) is 0. The number of carbonyl (C=O) groups is 1. The van der Waals surface area contributed by atoms with E-state index in [0.717, 1.165) is 10.5 Å². The Morgan fingerprint density at radius 3 is 2.69 bits per heavy atom. The summed E-state index contributed by atoms with van der Waals surface area (Å²) in [5.74, 6) is 0.327. The van der Waals surface area contributed by atoms with E-state index in [1.54, 1.807) is 56.0 Å². The van der Waals surface area contributed by atoms with Gasteiger partial charge in [0.1, 0.15) is 11.5 Å². The molecule has 0 N–H and O–H groups in total. The largest absolute Gasteiger partial charge is 0.463 e. The van der Waals surface area contributed by atoms with E-state index in [0.29, 0.717) is 37.7 Å². The zero-order chi connectivity index (χ0) is 27.7. The predicted octanol–water partition coefficient (Wildman–Crippen LogP) is 4.69. The van der Waals surface area contributed by atoms with E-state index < -0.39 is 16.9 Å². The number of non-ortho nitro benzene ring substituents is 1. The molecule has 0 radical (unpaired) electrons. The SMILES string of the molecule is CCOC(=O)C1=C(C)N=c2s/c(=C\c3ccc(-c4cccc([N+](=O)[O-])c4)o3)c(=O)n2[C@@H]1c1ccc(SC)cc1. The van der Waals surface area contributed by atoms with Crippen LogP contribution in [0.25, 0.3) is 17.4 Å². The van der Waals surface area contributed by atoms with Crippen LogP contribution in [0.1, 0.15) is 31.2 Å². The van der Waals surface area contributed by atoms with E-state index in [9.17, 15) is 19.7 Å². The molecule has 5 rings (SSSR count). The van der Waals surface area contributed by atoms with Gasteiger partial charge in [-0.25, -0.2) is 9.79 Å². The molecule has 1 aliphatic heterocycles. The van der Waals surface area contributed by atoms with Gasteiger partial charge in [-0.3, -0.25) is 19.5 Å². The summed E-state index contributed by atoms with van der Waals surface area (Å²) < 4.78 is 13.1. The Labute approximate surface area is 230 Å². The third-order valence-electron chi connectivity index (χ3n) is 6.19. The number of nitrogens with zero attached hydrogens (tertiary/aromatic N) is 3. The number of rotatable bonds is 7. The Hall–Kier alpha value is -4.22. The Bertz CT molecular complexity index is 1800. The van der Waals surface area contributed by atoms with Gasteiger partial charge < -0.3 is 9.15 Å². The number of ether oxygens (including phenoxy) is 1. The first kappa shape index (κ1) is 26.4. The number of esters is 1. The average Bonchev–Trinajstić information content (AvgIpc) is 3.52. The summed E-state index contributed by atoms with van der Waals surface area (Å²) in [4.78, 5) is 43.5. The highest BCUT2D eigenvalue weighted by molar-refractivity contribution is 7.98. The highest BCUT2D eigenvalue weighted by Crippen LogP contribution is 2.32. The van der Waals surface area contributed by atoms with Crippen LogP contribution in [0.3, 0.4) is 0 Å². The summed E-state index contributed by atoms with van der Waals surface area (Å²) in [6, 6.07) is 16.5. The quantitative estimate of drug-likeness (QED) is 0.139. The van der Waals surface area contributed by atoms with Gasteiger partial charge in [0.25, 0.3) is 11.2 Å². The van der Waals surface area contributed by atoms with Crippen molar-refractivity contribution in [1.82, 2.24) is 4.57 Å². The number of fused-ring (bicyclic) bond motifs is 1. The molecule has 0 unspecified atom stereocenters. The monoisotopic (exact) mass is 561 g/mol. The summed E-state index contributed by atoms with van der Waals surface area (Å²) in [7, 11) is 0. The molecule has 3 heterocycles. The van der Waals surface area contributed by atoms with Gasteiger partial charge in [-0.2, -0.15) is 0 Å². The van der Waals surface area contributed by atoms with Crippen LogP contribution in [-0.4, -0.2) is 28.3 Å². The number of carbonyl (C=O) groups excluding carboxylic acids is 1. The van der Waals surface area contributed by atoms with Crippen molar-refractivity contribution >= 4 is 40.8 Å². The summed E-state index contributed by atoms with van der Waals surface area (Å²) in [6.45, 7) is 3.67. The van der Waals surface area contributed by atoms with Crippen molar-refractivity contribution in [2.45, 2.75) is 24.8 Å². The molecule has 0 fully saturated rings. The first-order valence-electron chi connectivity index (χ1n) is 12.0. The number of allylic oxidation sites excluding steroid dienone is 1. The van der Waals surface area contributed by atoms with E-state index in [4.69, 9.17) is 9.15 Å². The topological polar surface area (TPSA) is 117 Å². The average molecular weight is 562 g/mol. The molecule has 0 spiro atoms. The summed E-state index contributed by atoms with van der Waals surface area (Å²) in [5.41, 5.74) is 1.76. The molecule has 0 amide bonds. The summed E-state index contributed by atoms with van der Waals surface area (Å²) in [6.07, 6.45) is 3.59. The van der Waals surface area contributed by atoms with Gasteiger partial charge in [0.2, 0.25) is 0 Å². The molecule has 2 aromatic carbocycles. The van der Waals surface area contributed by atoms with Crippen LogP contribution in [0.4, 0.5) is 5.69 Å². The van der Waals surface area contributed by atoms with Crippen LogP contribution in [-0.2, 0) is 9.53 Å². The van der Waals surface area contributed by atoms with Gasteiger partial charge in [0, 0.05) is 28.7 Å². The van der Waals surface area contributed by atoms with E-state index in [1.165, 1.54) is 28.0 Å². The maximum Gasteiger partial charge on any atom is 0.338 e. The second-order valence-corrected chi connectivity index (χ2v) is 10.5. The molecule has 0 aliphatic carbocycles. The molecular weight excluding hydrogens is 538 g/mol. The summed E-state index contributed by atoms with van der Waals surface area (Å²) in [5, 5.41) is 11.1. The third-order valence-corrected chi connectivity index (χ3v) is 7.92. The fourth-order valence-corrected chi connectivity index (χ4v) is 5.82. The molecule has 1 atom stereocenters. The smallest absolute Gasteiger partial charge is 0.338 e. The van der Waals surface area contributed by atoms with Gasteiger partial charge in [0.15, 0.2) is 4.80 Å². The maximum absolute atomic E-state index is 13.7. The molecule has 1 aliphatic rings. The molecule has 9 nitrogen and oxygen atoms in total. The number of furan rings is 1. The molecule has 0 saturated carbocycles. The van der Waals surface area contributed by atoms with Gasteiger partial charge in [-0.05, 0) is 49.9 Å². The number of nitro groups is 1. The lowest BCUT2D eigenvalue weighted by molar-refractivity contribution is -0.384. The standard InChI is InChI=1S/C28H23N3O6S2/c1-4-36-27(33)24-16(2)29-28-30(25(24)17-8-11-21(38-3)12-9-17)26(32)23(39-28)15-20-10-13-22(37-20)18-6-5-7-19(14-18)31(34)35/h5-15,25H,4H2,1-3H3/b23-15-/t25-/m1/s1. The van der Waals surface area contributed by atoms with Crippen molar-refractivity contribution in [3.05, 3.63) is 113 Å². The van der Waals surface area contributed by atoms with Gasteiger partial charge >= 0.3 is 5.97 Å². The highest BCUT2D eigenvalue weighted by atomic mass is 32.2. The maximum atomic E-state index is 13.7. The van der Waals surface area contributed by atoms with Crippen molar-refractivity contribution in [3.63, 3.8) is 0 Å². The number of nitro benzene ring substituents is 1. The van der Waals surface area contributed by atoms with Crippen molar-refractivity contribution in [3.8, 4) is 11.3 Å². The first-order valence-corrected chi connectivity index (χ1v) is 14.0. The van der Waals surface area contributed by atoms with Crippen LogP contribution in [0, 0.1) is 10.1 Å². The number of benzene rings is 2. The highest BCUT2D eigenvalue weighted by Gasteiger charge is 2.33. The second kappa shape index (κ2) is 10.9. The normalized spacial score (nSPS) is 15.2. The molecule has 11 heteroatoms. The van der Waals surface area contributed by atoms with Gasteiger partial charge in [-0.1, -0.05) is 35.6 Å². The van der Waals surface area contributed by atoms with Crippen molar-refractivity contribution < 1.29 is 18.9 Å². The van der Waals surface area contributed by atoms with Crippen LogP contribution >= 0.6 is 23.1 Å². The molecule has 2 aromatic heterocycles. The van der Waals surface area contributed by atoms with Gasteiger partial charge in [0.05, 0.1) is 33.4 Å². The number of aromatic nitrogens is 1. The Morgan fingerprint density at radius 1 is 1.23 bits per heavy atom. The van der Waals surface area contributed by atoms with Gasteiger partial charge in [-0.15, -0.1) is 11.8 Å². The lowest BCUT2D eigenvalue weighted by Gasteiger charge is -2.24. The molecule has 0 saturated heterocycles. The summed E-state index contributed by atoms with van der Waals surface area (Å²) >= 11 is 2.79. The van der Waals surface area contributed by atoms with Crippen LogP contribution < -0.4 is 14.9 Å². The predicted molar refractivity (Wildman–Crippen MR) is 149 cm³/mol. The van der Waals surface area contributed by atoms with Crippen molar-refractivity contribution in [2.24, 2.45) is 4.99 Å². The van der Waals surface area contributed by atoms with Crippen molar-refractivity contribution in [1.29, 1.82) is 0 Å². The Balaban J connectivity index is 1.61. The lowest BCUT2D eigenvalue weighted by Crippen LogP contribution is -2.39.